The van der Waals surface area contributed by atoms with E-state index >= 15 is 0 Å². The fourth-order valence-corrected chi connectivity index (χ4v) is 2.43. The van der Waals surface area contributed by atoms with Gasteiger partial charge in [-0.05, 0) is 26.3 Å². The van der Waals surface area contributed by atoms with Crippen molar-refractivity contribution in [2.75, 3.05) is 11.9 Å². The van der Waals surface area contributed by atoms with Crippen molar-refractivity contribution in [3.05, 3.63) is 47.4 Å². The summed E-state index contributed by atoms with van der Waals surface area (Å²) >= 11 is 0. The van der Waals surface area contributed by atoms with Crippen LogP contribution in [0.2, 0.25) is 0 Å². The number of esters is 1. The Balaban J connectivity index is 2.03. The Labute approximate surface area is 139 Å². The topological polar surface area (TPSA) is 90.1 Å². The Morgan fingerprint density at radius 3 is 2.75 bits per heavy atom. The van der Waals surface area contributed by atoms with E-state index in [1.54, 1.807) is 13.8 Å². The van der Waals surface area contributed by atoms with Gasteiger partial charge in [0, 0.05) is 6.04 Å². The molecule has 24 heavy (non-hydrogen) atoms. The van der Waals surface area contributed by atoms with Gasteiger partial charge in [0.1, 0.15) is 17.0 Å². The Bertz CT molecular complexity index is 861. The maximum absolute atomic E-state index is 12.1. The number of nitrogens with zero attached hydrogens (tertiary/aromatic N) is 3. The number of hydrogen-bond donors (Lipinski definition) is 1. The molecule has 0 saturated carbocycles. The van der Waals surface area contributed by atoms with Gasteiger partial charge in [-0.25, -0.2) is 9.78 Å². The van der Waals surface area contributed by atoms with E-state index < -0.39 is 5.97 Å². The summed E-state index contributed by atoms with van der Waals surface area (Å²) in [5.41, 5.74) is 1.43. The van der Waals surface area contributed by atoms with Crippen LogP contribution in [0, 0.1) is 6.92 Å². The van der Waals surface area contributed by atoms with Crippen LogP contribution in [0.15, 0.2) is 34.9 Å². The molecule has 3 aromatic rings. The maximum Gasteiger partial charge on any atom is 0.361 e. The van der Waals surface area contributed by atoms with Crippen LogP contribution in [0.4, 0.5) is 5.82 Å². The number of benzene rings is 1. The number of rotatable bonds is 5. The largest absolute Gasteiger partial charge is 0.461 e. The summed E-state index contributed by atoms with van der Waals surface area (Å²) < 4.78 is 10.2. The highest BCUT2D eigenvalue weighted by Crippen LogP contribution is 2.28. The second kappa shape index (κ2) is 6.66. The molecule has 3 rings (SSSR count). The van der Waals surface area contributed by atoms with Crippen molar-refractivity contribution in [1.82, 2.24) is 15.1 Å². The summed E-state index contributed by atoms with van der Waals surface area (Å²) in [6.07, 6.45) is 0. The number of carbonyl (C=O) groups is 1. The molecule has 0 aliphatic rings. The Morgan fingerprint density at radius 2 is 2.04 bits per heavy atom. The fourth-order valence-electron chi connectivity index (χ4n) is 2.43. The molecule has 0 saturated heterocycles. The first-order valence-electron chi connectivity index (χ1n) is 7.72. The summed E-state index contributed by atoms with van der Waals surface area (Å²) in [6.45, 7) is 5.75. The smallest absolute Gasteiger partial charge is 0.361 e. The van der Waals surface area contributed by atoms with Crippen LogP contribution in [0.3, 0.4) is 0 Å². The lowest BCUT2D eigenvalue weighted by Gasteiger charge is -2.15. The molecular weight excluding hydrogens is 308 g/mol. The first kappa shape index (κ1) is 15.9. The van der Waals surface area contributed by atoms with Gasteiger partial charge in [0.05, 0.1) is 6.61 Å². The van der Waals surface area contributed by atoms with Crippen molar-refractivity contribution >= 4 is 22.9 Å². The molecule has 0 aliphatic heterocycles. The van der Waals surface area contributed by atoms with Crippen molar-refractivity contribution in [3.8, 4) is 0 Å². The Morgan fingerprint density at radius 1 is 1.29 bits per heavy atom. The van der Waals surface area contributed by atoms with Crippen LogP contribution in [-0.4, -0.2) is 27.7 Å². The number of ether oxygens (including phenoxy) is 1. The van der Waals surface area contributed by atoms with Gasteiger partial charge < -0.3 is 14.6 Å². The van der Waals surface area contributed by atoms with E-state index in [2.05, 4.69) is 20.4 Å². The average molecular weight is 326 g/mol. The van der Waals surface area contributed by atoms with Crippen molar-refractivity contribution in [3.63, 3.8) is 0 Å². The van der Waals surface area contributed by atoms with Crippen LogP contribution >= 0.6 is 0 Å². The second-order valence-electron chi connectivity index (χ2n) is 5.33. The van der Waals surface area contributed by atoms with Gasteiger partial charge >= 0.3 is 5.97 Å². The van der Waals surface area contributed by atoms with E-state index in [4.69, 9.17) is 9.26 Å². The van der Waals surface area contributed by atoms with E-state index in [0.717, 1.165) is 5.56 Å². The molecule has 0 aliphatic carbocycles. The maximum atomic E-state index is 12.1. The van der Waals surface area contributed by atoms with Crippen LogP contribution < -0.4 is 5.32 Å². The third kappa shape index (κ3) is 3.05. The summed E-state index contributed by atoms with van der Waals surface area (Å²) in [5.74, 6) is 0.467. The third-order valence-corrected chi connectivity index (χ3v) is 3.57. The van der Waals surface area contributed by atoms with Gasteiger partial charge in [-0.3, -0.25) is 0 Å². The summed E-state index contributed by atoms with van der Waals surface area (Å²) in [6, 6.07) is 9.91. The zero-order valence-corrected chi connectivity index (χ0v) is 13.7. The van der Waals surface area contributed by atoms with E-state index in [1.165, 1.54) is 0 Å². The lowest BCUT2D eigenvalue weighted by molar-refractivity contribution is 0.0517. The molecule has 7 nitrogen and oxygen atoms in total. The molecular formula is C17H18N4O3. The third-order valence-electron chi connectivity index (χ3n) is 3.57. The monoisotopic (exact) mass is 326 g/mol. The van der Waals surface area contributed by atoms with Gasteiger partial charge in [0.25, 0.3) is 5.71 Å². The number of carbonyl (C=O) groups excluding carboxylic acids is 1. The fraction of sp³-hybridized carbons (Fsp3) is 0.294. The molecule has 1 aromatic carbocycles. The SMILES string of the molecule is CCOC(=O)c1noc2nc(C)nc(NC(C)c3ccccc3)c12. The van der Waals surface area contributed by atoms with E-state index in [1.807, 2.05) is 37.3 Å². The predicted molar refractivity (Wildman–Crippen MR) is 88.8 cm³/mol. The molecule has 2 heterocycles. The van der Waals surface area contributed by atoms with E-state index in [0.29, 0.717) is 17.0 Å². The van der Waals surface area contributed by atoms with Gasteiger partial charge in [0.15, 0.2) is 0 Å². The molecule has 124 valence electrons. The number of fused-ring (bicyclic) bond motifs is 1. The Hall–Kier alpha value is -2.96. The van der Waals surface area contributed by atoms with Crippen molar-refractivity contribution in [1.29, 1.82) is 0 Å². The van der Waals surface area contributed by atoms with E-state index in [-0.39, 0.29) is 24.1 Å². The quantitative estimate of drug-likeness (QED) is 0.719. The lowest BCUT2D eigenvalue weighted by atomic mass is 10.1. The zero-order valence-electron chi connectivity index (χ0n) is 13.7. The van der Waals surface area contributed by atoms with Crippen LogP contribution in [0.5, 0.6) is 0 Å². The van der Waals surface area contributed by atoms with Crippen molar-refractivity contribution in [2.45, 2.75) is 26.8 Å². The molecule has 0 amide bonds. The molecule has 7 heteroatoms. The van der Waals surface area contributed by atoms with Gasteiger partial charge in [-0.1, -0.05) is 35.5 Å². The molecule has 0 bridgehead atoms. The minimum atomic E-state index is -0.556. The van der Waals surface area contributed by atoms with Crippen molar-refractivity contribution in [2.24, 2.45) is 0 Å². The number of nitrogens with one attached hydrogen (secondary N) is 1. The van der Waals surface area contributed by atoms with Crippen molar-refractivity contribution < 1.29 is 14.1 Å². The number of anilines is 1. The highest BCUT2D eigenvalue weighted by atomic mass is 16.5. The number of hydrogen-bond acceptors (Lipinski definition) is 7. The molecule has 1 N–H and O–H groups in total. The predicted octanol–water partition coefficient (Wildman–Crippen LogP) is 3.28. The lowest BCUT2D eigenvalue weighted by Crippen LogP contribution is -2.11. The number of aryl methyl sites for hydroxylation is 1. The molecule has 1 atom stereocenters. The molecule has 0 radical (unpaired) electrons. The molecule has 1 unspecified atom stereocenters. The van der Waals surface area contributed by atoms with Gasteiger partial charge in [-0.15, -0.1) is 0 Å². The zero-order chi connectivity index (χ0) is 17.1. The van der Waals surface area contributed by atoms with Gasteiger partial charge in [-0.2, -0.15) is 4.98 Å². The van der Waals surface area contributed by atoms with E-state index in [9.17, 15) is 4.79 Å². The average Bonchev–Trinajstić information content (AvgIpc) is 2.99. The first-order chi connectivity index (χ1) is 11.6. The minimum Gasteiger partial charge on any atom is -0.461 e. The molecule has 2 aromatic heterocycles. The number of aromatic nitrogens is 3. The van der Waals surface area contributed by atoms with Crippen LogP contribution in [0.1, 0.15) is 41.8 Å². The summed E-state index contributed by atoms with van der Waals surface area (Å²) in [7, 11) is 0. The highest BCUT2D eigenvalue weighted by Gasteiger charge is 2.23. The first-order valence-corrected chi connectivity index (χ1v) is 7.72. The van der Waals surface area contributed by atoms with Crippen LogP contribution in [0.25, 0.3) is 11.1 Å². The standard InChI is InChI=1S/C17H18N4O3/c1-4-23-17(22)14-13-15(19-11(3)20-16(13)24-21-14)18-10(2)12-8-6-5-7-9-12/h5-10H,4H2,1-3H3,(H,18,19,20). The normalized spacial score (nSPS) is 12.1. The summed E-state index contributed by atoms with van der Waals surface area (Å²) in [4.78, 5) is 20.7. The Kier molecular flexibility index (Phi) is 4.41. The minimum absolute atomic E-state index is 0.0198. The van der Waals surface area contributed by atoms with Crippen LogP contribution in [-0.2, 0) is 4.74 Å². The molecule has 0 spiro atoms. The second-order valence-corrected chi connectivity index (χ2v) is 5.33. The molecule has 0 fully saturated rings. The summed E-state index contributed by atoms with van der Waals surface area (Å²) in [5, 5.41) is 7.54. The van der Waals surface area contributed by atoms with Gasteiger partial charge in [0.2, 0.25) is 5.69 Å². The highest BCUT2D eigenvalue weighted by molar-refractivity contribution is 6.04.